The molecular formula is C17H26ClN3. The number of anilines is 1. The second kappa shape index (κ2) is 6.55. The molecule has 2 fully saturated rings. The number of piperazine rings is 1. The lowest BCUT2D eigenvalue weighted by Crippen LogP contribution is -2.51. The molecular weight excluding hydrogens is 282 g/mol. The third-order valence-corrected chi connectivity index (χ3v) is 5.18. The van der Waals surface area contributed by atoms with Crippen molar-refractivity contribution in [2.75, 3.05) is 31.6 Å². The predicted molar refractivity (Wildman–Crippen MR) is 90.2 cm³/mol. The van der Waals surface area contributed by atoms with E-state index < -0.39 is 0 Å². The lowest BCUT2D eigenvalue weighted by atomic mass is 10.1. The predicted octanol–water partition coefficient (Wildman–Crippen LogP) is 3.12. The van der Waals surface area contributed by atoms with Crippen molar-refractivity contribution in [2.45, 2.75) is 44.8 Å². The van der Waals surface area contributed by atoms with Crippen LogP contribution in [0.3, 0.4) is 0 Å². The highest BCUT2D eigenvalue weighted by atomic mass is 35.5. The van der Waals surface area contributed by atoms with Gasteiger partial charge in [0.15, 0.2) is 0 Å². The topological polar surface area (TPSA) is 18.5 Å². The summed E-state index contributed by atoms with van der Waals surface area (Å²) >= 11 is 6.47. The number of hydrogen-bond donors (Lipinski definition) is 1. The normalized spacial score (nSPS) is 23.6. The maximum absolute atomic E-state index is 6.47. The van der Waals surface area contributed by atoms with Crippen molar-refractivity contribution in [3.05, 3.63) is 28.8 Å². The first-order chi connectivity index (χ1) is 10.2. The molecule has 1 aliphatic heterocycles. The van der Waals surface area contributed by atoms with Gasteiger partial charge in [0.25, 0.3) is 0 Å². The van der Waals surface area contributed by atoms with Crippen LogP contribution in [0, 0.1) is 0 Å². The fraction of sp³-hybridized carbons (Fsp3) is 0.647. The van der Waals surface area contributed by atoms with Crippen LogP contribution < -0.4 is 10.2 Å². The van der Waals surface area contributed by atoms with E-state index in [0.29, 0.717) is 12.1 Å². The van der Waals surface area contributed by atoms with E-state index in [1.54, 1.807) is 0 Å². The maximum atomic E-state index is 6.47. The molecule has 0 spiro atoms. The summed E-state index contributed by atoms with van der Waals surface area (Å²) in [6, 6.07) is 7.68. The van der Waals surface area contributed by atoms with Gasteiger partial charge >= 0.3 is 0 Å². The van der Waals surface area contributed by atoms with Crippen molar-refractivity contribution in [1.82, 2.24) is 10.2 Å². The van der Waals surface area contributed by atoms with Crippen LogP contribution in [0.2, 0.25) is 5.02 Å². The van der Waals surface area contributed by atoms with Gasteiger partial charge in [-0.2, -0.15) is 0 Å². The Labute approximate surface area is 133 Å². The third kappa shape index (κ3) is 3.53. The Hall–Kier alpha value is -0.770. The van der Waals surface area contributed by atoms with E-state index in [2.05, 4.69) is 41.2 Å². The van der Waals surface area contributed by atoms with E-state index >= 15 is 0 Å². The lowest BCUT2D eigenvalue weighted by molar-refractivity contribution is 0.213. The quantitative estimate of drug-likeness (QED) is 0.901. The van der Waals surface area contributed by atoms with Gasteiger partial charge in [-0.05, 0) is 38.4 Å². The van der Waals surface area contributed by atoms with Gasteiger partial charge in [0.05, 0.1) is 0 Å². The number of benzene rings is 1. The first-order valence-corrected chi connectivity index (χ1v) is 8.52. The van der Waals surface area contributed by atoms with E-state index in [1.165, 1.54) is 30.5 Å². The van der Waals surface area contributed by atoms with Crippen LogP contribution in [0.25, 0.3) is 0 Å². The Balaban J connectivity index is 1.78. The number of rotatable bonds is 5. The Bertz CT molecular complexity index is 487. The molecule has 1 atom stereocenters. The smallest absolute Gasteiger partial charge is 0.0471 e. The molecule has 1 unspecified atom stereocenters. The molecule has 0 aromatic heterocycles. The molecule has 1 aromatic carbocycles. The van der Waals surface area contributed by atoms with Crippen molar-refractivity contribution in [3.8, 4) is 0 Å². The van der Waals surface area contributed by atoms with Crippen LogP contribution in [-0.2, 0) is 6.54 Å². The highest BCUT2D eigenvalue weighted by molar-refractivity contribution is 6.31. The van der Waals surface area contributed by atoms with Crippen LogP contribution in [0.1, 0.15) is 31.7 Å². The molecule has 1 saturated carbocycles. The second-order valence-electron chi connectivity index (χ2n) is 6.38. The summed E-state index contributed by atoms with van der Waals surface area (Å²) < 4.78 is 0. The zero-order valence-corrected chi connectivity index (χ0v) is 13.9. The number of halogens is 1. The first-order valence-electron chi connectivity index (χ1n) is 8.15. The van der Waals surface area contributed by atoms with Crippen LogP contribution >= 0.6 is 11.6 Å². The number of nitrogens with one attached hydrogen (secondary N) is 1. The molecule has 0 amide bonds. The van der Waals surface area contributed by atoms with E-state index in [0.717, 1.165) is 31.2 Å². The van der Waals surface area contributed by atoms with Gasteiger partial charge in [-0.1, -0.05) is 24.6 Å². The highest BCUT2D eigenvalue weighted by Crippen LogP contribution is 2.30. The van der Waals surface area contributed by atoms with Gasteiger partial charge in [-0.15, -0.1) is 0 Å². The summed E-state index contributed by atoms with van der Waals surface area (Å²) in [7, 11) is 2.24. The fourth-order valence-electron chi connectivity index (χ4n) is 3.16. The van der Waals surface area contributed by atoms with Crippen LogP contribution in [-0.4, -0.2) is 43.7 Å². The SMILES string of the molecule is CCC1CN(c2cccc(Cl)c2CNC2CC2)CCN1C. The van der Waals surface area contributed by atoms with Crippen LogP contribution in [0.5, 0.6) is 0 Å². The maximum Gasteiger partial charge on any atom is 0.0471 e. The Morgan fingerprint density at radius 1 is 1.29 bits per heavy atom. The zero-order chi connectivity index (χ0) is 14.8. The van der Waals surface area contributed by atoms with Crippen LogP contribution in [0.15, 0.2) is 18.2 Å². The Morgan fingerprint density at radius 2 is 2.10 bits per heavy atom. The summed E-state index contributed by atoms with van der Waals surface area (Å²) in [5.41, 5.74) is 2.59. The molecule has 1 aromatic rings. The minimum atomic E-state index is 0.641. The summed E-state index contributed by atoms with van der Waals surface area (Å²) in [6.45, 7) is 6.48. The molecule has 1 aliphatic carbocycles. The highest BCUT2D eigenvalue weighted by Gasteiger charge is 2.26. The zero-order valence-electron chi connectivity index (χ0n) is 13.1. The van der Waals surface area contributed by atoms with E-state index in [9.17, 15) is 0 Å². The molecule has 0 radical (unpaired) electrons. The minimum absolute atomic E-state index is 0.641. The molecule has 21 heavy (non-hydrogen) atoms. The van der Waals surface area contributed by atoms with Crippen LogP contribution in [0.4, 0.5) is 5.69 Å². The lowest BCUT2D eigenvalue weighted by Gasteiger charge is -2.41. The molecule has 3 rings (SSSR count). The monoisotopic (exact) mass is 307 g/mol. The van der Waals surface area contributed by atoms with Crippen molar-refractivity contribution in [3.63, 3.8) is 0 Å². The van der Waals surface area contributed by atoms with Gasteiger partial charge in [0.2, 0.25) is 0 Å². The van der Waals surface area contributed by atoms with E-state index in [4.69, 9.17) is 11.6 Å². The second-order valence-corrected chi connectivity index (χ2v) is 6.79. The molecule has 2 aliphatic rings. The fourth-order valence-corrected chi connectivity index (χ4v) is 3.39. The molecule has 0 bridgehead atoms. The van der Waals surface area contributed by atoms with Gasteiger partial charge in [-0.25, -0.2) is 0 Å². The summed E-state index contributed by atoms with van der Waals surface area (Å²) in [5.74, 6) is 0. The van der Waals surface area contributed by atoms with Gasteiger partial charge in [-0.3, -0.25) is 4.90 Å². The van der Waals surface area contributed by atoms with Gasteiger partial charge in [0.1, 0.15) is 0 Å². The Morgan fingerprint density at radius 3 is 2.81 bits per heavy atom. The third-order valence-electron chi connectivity index (χ3n) is 4.83. The van der Waals surface area contributed by atoms with Crippen molar-refractivity contribution in [1.29, 1.82) is 0 Å². The van der Waals surface area contributed by atoms with Crippen molar-refractivity contribution < 1.29 is 0 Å². The molecule has 4 heteroatoms. The molecule has 3 nitrogen and oxygen atoms in total. The standard InChI is InChI=1S/C17H26ClN3/c1-3-14-12-21(10-9-20(14)2)17-6-4-5-16(18)15(17)11-19-13-7-8-13/h4-6,13-14,19H,3,7-12H2,1-2H3. The number of likely N-dealkylation sites (N-methyl/N-ethyl adjacent to an activating group) is 1. The minimum Gasteiger partial charge on any atom is -0.368 e. The average molecular weight is 308 g/mol. The molecule has 116 valence electrons. The summed E-state index contributed by atoms with van der Waals surface area (Å²) in [5, 5.41) is 4.50. The van der Waals surface area contributed by atoms with E-state index in [-0.39, 0.29) is 0 Å². The first kappa shape index (κ1) is 15.1. The Kier molecular flexibility index (Phi) is 4.72. The number of hydrogen-bond acceptors (Lipinski definition) is 3. The molecule has 1 N–H and O–H groups in total. The summed E-state index contributed by atoms with van der Waals surface area (Å²) in [4.78, 5) is 4.99. The van der Waals surface area contributed by atoms with Crippen molar-refractivity contribution in [2.24, 2.45) is 0 Å². The van der Waals surface area contributed by atoms with Gasteiger partial charge < -0.3 is 10.2 Å². The average Bonchev–Trinajstić information content (AvgIpc) is 3.30. The van der Waals surface area contributed by atoms with Crippen molar-refractivity contribution >= 4 is 17.3 Å². The largest absolute Gasteiger partial charge is 0.368 e. The van der Waals surface area contributed by atoms with E-state index in [1.807, 2.05) is 6.07 Å². The van der Waals surface area contributed by atoms with Gasteiger partial charge in [0, 0.05) is 54.5 Å². The molecule has 1 saturated heterocycles. The number of nitrogens with zero attached hydrogens (tertiary/aromatic N) is 2. The summed E-state index contributed by atoms with van der Waals surface area (Å²) in [6.07, 6.45) is 3.82. The molecule has 1 heterocycles.